The largest absolute Gasteiger partial charge is 0.478 e. The number of carboxylic acids is 2. The van der Waals surface area contributed by atoms with E-state index >= 15 is 0 Å². The van der Waals surface area contributed by atoms with E-state index in [0.717, 1.165) is 16.4 Å². The molecule has 11 N–H and O–H groups in total. The van der Waals surface area contributed by atoms with E-state index in [1.807, 2.05) is 0 Å². The molecule has 2 atom stereocenters. The lowest BCUT2D eigenvalue weighted by Gasteiger charge is -2.49. The Balaban J connectivity index is 1.57. The summed E-state index contributed by atoms with van der Waals surface area (Å²) in [5, 5.41) is 37.6. The van der Waals surface area contributed by atoms with Crippen LogP contribution in [-0.4, -0.2) is 106 Å². The van der Waals surface area contributed by atoms with Gasteiger partial charge < -0.3 is 48.0 Å². The van der Waals surface area contributed by atoms with E-state index in [2.05, 4.69) is 25.1 Å². The zero-order valence-electron chi connectivity index (χ0n) is 24.3. The number of nitrogens with one attached hydrogen (secondary N) is 2. The molecule has 0 aromatic carbocycles. The molecule has 0 bridgehead atoms. The van der Waals surface area contributed by atoms with Gasteiger partial charge in [-0.2, -0.15) is 9.36 Å². The number of aliphatic hydroxyl groups is 1. The van der Waals surface area contributed by atoms with Gasteiger partial charge in [-0.3, -0.25) is 14.5 Å². The SMILES string of the molecule is CC(C)(O/N=C(\C(=O)N[C@@H]1C(=O)N2C(C(=O)O)=C(C[n+]3cc(NCCCN)c(N)n3CCO)CS[C@H]12)c1nsc(N)n1)C(=O)O. The molecule has 0 aliphatic carbocycles. The van der Waals surface area contributed by atoms with Gasteiger partial charge in [0.1, 0.15) is 29.3 Å². The molecule has 2 aliphatic heterocycles. The number of carbonyl (C=O) groups is 4. The average molecular weight is 669 g/mol. The number of amides is 2. The molecule has 45 heavy (non-hydrogen) atoms. The number of anilines is 3. The summed E-state index contributed by atoms with van der Waals surface area (Å²) in [7, 11) is 0. The highest BCUT2D eigenvalue weighted by Crippen LogP contribution is 2.40. The number of fused-ring (bicyclic) bond motifs is 1. The lowest BCUT2D eigenvalue weighted by molar-refractivity contribution is -0.767. The van der Waals surface area contributed by atoms with Crippen molar-refractivity contribution in [1.82, 2.24) is 24.3 Å². The average Bonchev–Trinajstić information content (AvgIpc) is 3.54. The predicted octanol–water partition coefficient (Wildman–Crippen LogP) is -2.43. The van der Waals surface area contributed by atoms with Crippen LogP contribution in [0, 0.1) is 0 Å². The second kappa shape index (κ2) is 13.7. The van der Waals surface area contributed by atoms with Crippen LogP contribution in [0.15, 0.2) is 22.6 Å². The quantitative estimate of drug-likeness (QED) is 0.0322. The fraction of sp³-hybridized carbons (Fsp3) is 0.500. The number of hydrogen-bond donors (Lipinski definition) is 8. The number of hydrogen-bond acceptors (Lipinski definition) is 15. The number of nitrogens with two attached hydrogens (primary N) is 3. The first-order valence-electron chi connectivity index (χ1n) is 13.5. The summed E-state index contributed by atoms with van der Waals surface area (Å²) in [5.74, 6) is -4.05. The van der Waals surface area contributed by atoms with Crippen LogP contribution in [0.1, 0.15) is 26.1 Å². The zero-order valence-corrected chi connectivity index (χ0v) is 25.9. The molecule has 2 aromatic rings. The van der Waals surface area contributed by atoms with Crippen molar-refractivity contribution in [3.05, 3.63) is 23.3 Å². The summed E-state index contributed by atoms with van der Waals surface area (Å²) in [4.78, 5) is 60.5. The number of β-lactam (4-membered cyclic amide) rings is 1. The number of thioether (sulfide) groups is 1. The third kappa shape index (κ3) is 6.95. The van der Waals surface area contributed by atoms with Gasteiger partial charge in [0.15, 0.2) is 17.5 Å². The van der Waals surface area contributed by atoms with Crippen molar-refractivity contribution >= 4 is 69.4 Å². The first kappa shape index (κ1) is 33.4. The second-order valence-corrected chi connectivity index (χ2v) is 12.3. The van der Waals surface area contributed by atoms with E-state index < -0.39 is 46.5 Å². The van der Waals surface area contributed by atoms with Gasteiger partial charge in [0.2, 0.25) is 23.3 Å². The van der Waals surface area contributed by atoms with Gasteiger partial charge in [-0.1, -0.05) is 5.16 Å². The molecule has 2 amide bonds. The molecule has 4 rings (SSSR count). The first-order chi connectivity index (χ1) is 21.3. The molecule has 2 aliphatic rings. The summed E-state index contributed by atoms with van der Waals surface area (Å²) in [6, 6.07) is -1.15. The van der Waals surface area contributed by atoms with Crippen molar-refractivity contribution in [2.45, 2.75) is 50.4 Å². The van der Waals surface area contributed by atoms with Gasteiger partial charge in [0.05, 0.1) is 6.61 Å². The highest BCUT2D eigenvalue weighted by atomic mass is 32.2. The fourth-order valence-corrected chi connectivity index (χ4v) is 6.19. The normalized spacial score (nSPS) is 18.4. The van der Waals surface area contributed by atoms with E-state index in [-0.39, 0.29) is 42.1 Å². The molecular formula is C24H34N11O8S2+. The maximum atomic E-state index is 13.3. The van der Waals surface area contributed by atoms with Gasteiger partial charge in [-0.15, -0.1) is 21.1 Å². The molecule has 1 fully saturated rings. The number of carbonyl (C=O) groups excluding carboxylic acids is 2. The standard InChI is InChI=1S/C24H33N11O8S2/c1-24(2,22(41)42)43-31-13(17-30-23(27)45-32-17)18(37)29-14-19(38)35-15(21(39)40)11(10-44-20(14)35)8-33-9-12(28-5-3-4-25)16(26)34(33)6-7-36/h9,14,20,26,28,36H,3-8,10,25H2,1-2H3,(H5,27,29,30,32,37,39,40,41,42)/p+1/b31-13-/t14-,20-/m1/s1. The Hall–Kier alpha value is -4.47. The summed E-state index contributed by atoms with van der Waals surface area (Å²) in [6.45, 7) is 3.44. The smallest absolute Gasteiger partial charge is 0.352 e. The first-order valence-corrected chi connectivity index (χ1v) is 15.4. The topological polar surface area (TPSA) is 291 Å². The van der Waals surface area contributed by atoms with Gasteiger partial charge in [0.25, 0.3) is 11.8 Å². The van der Waals surface area contributed by atoms with Gasteiger partial charge in [-0.25, -0.2) is 9.59 Å². The summed E-state index contributed by atoms with van der Waals surface area (Å²) < 4.78 is 7.19. The monoisotopic (exact) mass is 668 g/mol. The predicted molar refractivity (Wildman–Crippen MR) is 162 cm³/mol. The lowest BCUT2D eigenvalue weighted by Crippen LogP contribution is -2.71. The molecule has 19 nitrogen and oxygen atoms in total. The molecule has 0 radical (unpaired) electrons. The molecule has 0 unspecified atom stereocenters. The number of rotatable bonds is 15. The summed E-state index contributed by atoms with van der Waals surface area (Å²) in [6.07, 6.45) is 2.39. The second-order valence-electron chi connectivity index (χ2n) is 10.4. The van der Waals surface area contributed by atoms with Crippen LogP contribution in [0.25, 0.3) is 0 Å². The molecule has 4 heterocycles. The van der Waals surface area contributed by atoms with E-state index in [4.69, 9.17) is 22.0 Å². The van der Waals surface area contributed by atoms with Crippen molar-refractivity contribution < 1.29 is 44.0 Å². The number of nitrogen functional groups attached to an aromatic ring is 2. The van der Waals surface area contributed by atoms with Crippen LogP contribution in [0.5, 0.6) is 0 Å². The van der Waals surface area contributed by atoms with Crippen LogP contribution in [-0.2, 0) is 37.1 Å². The minimum Gasteiger partial charge on any atom is -0.478 e. The lowest BCUT2D eigenvalue weighted by atomic mass is 10.0. The number of nitrogens with zero attached hydrogens (tertiary/aromatic N) is 6. The Morgan fingerprint density at radius 2 is 2.02 bits per heavy atom. The van der Waals surface area contributed by atoms with E-state index in [0.29, 0.717) is 36.6 Å². The molecule has 1 saturated heterocycles. The molecule has 244 valence electrons. The van der Waals surface area contributed by atoms with E-state index in [1.165, 1.54) is 25.6 Å². The molecule has 21 heteroatoms. The molecule has 0 saturated carbocycles. The Morgan fingerprint density at radius 1 is 1.29 bits per heavy atom. The molecule has 2 aromatic heterocycles. The van der Waals surface area contributed by atoms with Gasteiger partial charge in [-0.05, 0) is 26.8 Å². The maximum Gasteiger partial charge on any atom is 0.352 e. The Kier molecular flexibility index (Phi) is 10.2. The van der Waals surface area contributed by atoms with E-state index in [9.17, 15) is 34.5 Å². The van der Waals surface area contributed by atoms with E-state index in [1.54, 1.807) is 15.6 Å². The Morgan fingerprint density at radius 3 is 2.62 bits per heavy atom. The minimum absolute atomic E-state index is 0.00344. The van der Waals surface area contributed by atoms with Crippen molar-refractivity contribution in [2.24, 2.45) is 10.9 Å². The zero-order chi connectivity index (χ0) is 33.1. The summed E-state index contributed by atoms with van der Waals surface area (Å²) >= 11 is 2.00. The van der Waals surface area contributed by atoms with Crippen LogP contribution >= 0.6 is 23.3 Å². The Labute approximate surface area is 264 Å². The van der Waals surface area contributed by atoms with Crippen molar-refractivity contribution in [3.63, 3.8) is 0 Å². The third-order valence-corrected chi connectivity index (χ3v) is 8.67. The van der Waals surface area contributed by atoms with Crippen LogP contribution < -0.4 is 32.5 Å². The van der Waals surface area contributed by atoms with Crippen molar-refractivity contribution in [1.29, 1.82) is 0 Å². The van der Waals surface area contributed by atoms with Crippen LogP contribution in [0.3, 0.4) is 0 Å². The highest BCUT2D eigenvalue weighted by molar-refractivity contribution is 8.00. The maximum absolute atomic E-state index is 13.3. The third-order valence-electron chi connectivity index (χ3n) is 6.79. The van der Waals surface area contributed by atoms with Gasteiger partial charge >= 0.3 is 11.9 Å². The summed E-state index contributed by atoms with van der Waals surface area (Å²) in [5.41, 5.74) is 15.9. The molecular weight excluding hydrogens is 634 g/mol. The van der Waals surface area contributed by atoms with Gasteiger partial charge in [0, 0.05) is 29.4 Å². The number of aliphatic carboxylic acids is 2. The number of oxime groups is 1. The number of carboxylic acid groups (broad SMARTS) is 2. The van der Waals surface area contributed by atoms with Crippen LogP contribution in [0.2, 0.25) is 0 Å². The van der Waals surface area contributed by atoms with Crippen molar-refractivity contribution in [2.75, 3.05) is 42.2 Å². The molecule has 0 spiro atoms. The minimum atomic E-state index is -1.81. The van der Waals surface area contributed by atoms with Crippen LogP contribution in [0.4, 0.5) is 16.6 Å². The number of aliphatic hydroxyl groups excluding tert-OH is 1. The fourth-order valence-electron chi connectivity index (χ4n) is 4.42. The highest BCUT2D eigenvalue weighted by Gasteiger charge is 2.55. The Bertz CT molecular complexity index is 1550. The van der Waals surface area contributed by atoms with Crippen molar-refractivity contribution in [3.8, 4) is 0 Å². The number of aromatic nitrogens is 4.